The first kappa shape index (κ1) is 26.1. The third-order valence-corrected chi connectivity index (χ3v) is 9.46. The first-order valence-corrected chi connectivity index (χ1v) is 13.4. The van der Waals surface area contributed by atoms with E-state index in [0.29, 0.717) is 18.9 Å². The largest absolute Gasteiger partial charge is 0.381 e. The average molecular weight is 489 g/mol. The molecular formula is C27H44N4O4. The van der Waals surface area contributed by atoms with E-state index < -0.39 is 30.1 Å². The van der Waals surface area contributed by atoms with Crippen molar-refractivity contribution < 1.29 is 19.5 Å². The minimum atomic E-state index is -1.35. The molecular weight excluding hydrogens is 444 g/mol. The minimum Gasteiger partial charge on any atom is -0.381 e. The molecule has 0 aromatic carbocycles. The summed E-state index contributed by atoms with van der Waals surface area (Å²) in [4.78, 5) is 41.5. The SMILES string of the molecule is C=CCNC(=O)C(O)[C@H](CC1CC1)NC(=O)[C@@H]1[C@@H]2[C@H](CN1C(=O)[C@@H](N)C1(C)CCCCC1)C2(C)C. The first-order chi connectivity index (χ1) is 16.5. The Balaban J connectivity index is 1.50. The van der Waals surface area contributed by atoms with Crippen molar-refractivity contribution in [2.75, 3.05) is 13.1 Å². The van der Waals surface area contributed by atoms with Crippen LogP contribution in [0.3, 0.4) is 0 Å². The van der Waals surface area contributed by atoms with Crippen LogP contribution in [0.25, 0.3) is 0 Å². The zero-order valence-electron chi connectivity index (χ0n) is 21.6. The summed E-state index contributed by atoms with van der Waals surface area (Å²) < 4.78 is 0. The van der Waals surface area contributed by atoms with Crippen molar-refractivity contribution in [3.8, 4) is 0 Å². The van der Waals surface area contributed by atoms with E-state index in [-0.39, 0.29) is 41.0 Å². The fourth-order valence-corrected chi connectivity index (χ4v) is 6.67. The third kappa shape index (κ3) is 5.15. The second-order valence-corrected chi connectivity index (χ2v) is 12.4. The number of piperidine rings is 1. The average Bonchev–Trinajstić information content (AvgIpc) is 3.68. The topological polar surface area (TPSA) is 125 Å². The van der Waals surface area contributed by atoms with Crippen molar-refractivity contribution in [3.63, 3.8) is 0 Å². The van der Waals surface area contributed by atoms with Gasteiger partial charge in [-0.25, -0.2) is 0 Å². The summed E-state index contributed by atoms with van der Waals surface area (Å²) in [6.07, 6.45) is 8.00. The van der Waals surface area contributed by atoms with Crippen molar-refractivity contribution in [3.05, 3.63) is 12.7 Å². The highest BCUT2D eigenvalue weighted by Crippen LogP contribution is 2.65. The Hall–Kier alpha value is -1.93. The van der Waals surface area contributed by atoms with E-state index in [1.54, 1.807) is 11.0 Å². The van der Waals surface area contributed by atoms with E-state index in [1.165, 1.54) is 6.42 Å². The van der Waals surface area contributed by atoms with E-state index in [9.17, 15) is 19.5 Å². The summed E-state index contributed by atoms with van der Waals surface area (Å²) in [6, 6.07) is -1.94. The maximum Gasteiger partial charge on any atom is 0.251 e. The van der Waals surface area contributed by atoms with Crippen LogP contribution in [0.4, 0.5) is 0 Å². The molecule has 8 nitrogen and oxygen atoms in total. The van der Waals surface area contributed by atoms with Crippen LogP contribution >= 0.6 is 0 Å². The maximum atomic E-state index is 13.7. The molecule has 35 heavy (non-hydrogen) atoms. The second kappa shape index (κ2) is 9.85. The standard InChI is InChI=1S/C27H44N4O4/c1-5-13-29-24(34)21(32)18(14-16-9-10-16)30-23(33)20-19-17(26(19,2)3)15-31(20)25(35)22(28)27(4)11-7-6-8-12-27/h5,16-22,32H,1,6-15,28H2,2-4H3,(H,29,34)(H,30,33)/t17-,18-,19-,20-,21?,22+/m0/s1. The van der Waals surface area contributed by atoms with Crippen LogP contribution in [0.1, 0.15) is 72.1 Å². The number of carbonyl (C=O) groups excluding carboxylic acids is 3. The summed E-state index contributed by atoms with van der Waals surface area (Å²) in [7, 11) is 0. The summed E-state index contributed by atoms with van der Waals surface area (Å²) in [5, 5.41) is 16.4. The molecule has 4 aliphatic rings. The van der Waals surface area contributed by atoms with Crippen molar-refractivity contribution in [1.29, 1.82) is 0 Å². The monoisotopic (exact) mass is 488 g/mol. The van der Waals surface area contributed by atoms with Crippen LogP contribution in [-0.4, -0.2) is 65.0 Å². The predicted octanol–water partition coefficient (Wildman–Crippen LogP) is 1.72. The lowest BCUT2D eigenvalue weighted by Gasteiger charge is -2.41. The number of amides is 3. The number of nitrogens with zero attached hydrogens (tertiary/aromatic N) is 1. The fraction of sp³-hybridized carbons (Fsp3) is 0.815. The third-order valence-electron chi connectivity index (χ3n) is 9.46. The molecule has 0 spiro atoms. The molecule has 1 heterocycles. The molecule has 3 saturated carbocycles. The van der Waals surface area contributed by atoms with Crippen LogP contribution in [0, 0.1) is 28.6 Å². The lowest BCUT2D eigenvalue weighted by atomic mass is 9.70. The van der Waals surface area contributed by atoms with Gasteiger partial charge >= 0.3 is 0 Å². The lowest BCUT2D eigenvalue weighted by molar-refractivity contribution is -0.145. The highest BCUT2D eigenvalue weighted by Gasteiger charge is 2.69. The van der Waals surface area contributed by atoms with Gasteiger partial charge in [-0.2, -0.15) is 0 Å². The molecule has 0 radical (unpaired) electrons. The van der Waals surface area contributed by atoms with Gasteiger partial charge in [0.2, 0.25) is 11.8 Å². The summed E-state index contributed by atoms with van der Waals surface area (Å²) in [6.45, 7) is 10.8. The minimum absolute atomic E-state index is 0.0242. The van der Waals surface area contributed by atoms with Crippen LogP contribution in [0.2, 0.25) is 0 Å². The van der Waals surface area contributed by atoms with Gasteiger partial charge in [-0.3, -0.25) is 14.4 Å². The Kier molecular flexibility index (Phi) is 7.36. The Labute approximate surface area is 209 Å². The van der Waals surface area contributed by atoms with E-state index in [1.807, 2.05) is 0 Å². The summed E-state index contributed by atoms with van der Waals surface area (Å²) in [5.74, 6) is -0.220. The van der Waals surface area contributed by atoms with Crippen LogP contribution in [0.15, 0.2) is 12.7 Å². The fourth-order valence-electron chi connectivity index (χ4n) is 6.67. The lowest BCUT2D eigenvalue weighted by Crippen LogP contribution is -2.60. The van der Waals surface area contributed by atoms with Crippen molar-refractivity contribution >= 4 is 17.7 Å². The number of hydrogen-bond acceptors (Lipinski definition) is 5. The van der Waals surface area contributed by atoms with Crippen molar-refractivity contribution in [2.45, 2.75) is 96.4 Å². The molecule has 4 rings (SSSR count). The molecule has 0 bridgehead atoms. The maximum absolute atomic E-state index is 13.7. The number of nitrogens with two attached hydrogens (primary N) is 1. The number of likely N-dealkylation sites (tertiary alicyclic amines) is 1. The van der Waals surface area contributed by atoms with Crippen LogP contribution < -0.4 is 16.4 Å². The highest BCUT2D eigenvalue weighted by atomic mass is 16.3. The summed E-state index contributed by atoms with van der Waals surface area (Å²) in [5.41, 5.74) is 6.31. The molecule has 8 heteroatoms. The predicted molar refractivity (Wildman–Crippen MR) is 134 cm³/mol. The first-order valence-electron chi connectivity index (χ1n) is 13.4. The molecule has 196 valence electrons. The quantitative estimate of drug-likeness (QED) is 0.349. The van der Waals surface area contributed by atoms with E-state index in [4.69, 9.17) is 5.73 Å². The molecule has 4 fully saturated rings. The van der Waals surface area contributed by atoms with Crippen molar-refractivity contribution in [1.82, 2.24) is 15.5 Å². The zero-order valence-corrected chi connectivity index (χ0v) is 21.6. The highest BCUT2D eigenvalue weighted by molar-refractivity contribution is 5.92. The van der Waals surface area contributed by atoms with E-state index in [0.717, 1.165) is 38.5 Å². The number of nitrogens with one attached hydrogen (secondary N) is 2. The van der Waals surface area contributed by atoms with E-state index in [2.05, 4.69) is 38.0 Å². The molecule has 1 unspecified atom stereocenters. The number of hydrogen-bond donors (Lipinski definition) is 4. The van der Waals surface area contributed by atoms with Gasteiger partial charge in [-0.05, 0) is 47.8 Å². The number of carbonyl (C=O) groups is 3. The van der Waals surface area contributed by atoms with Gasteiger partial charge in [0.05, 0.1) is 12.1 Å². The Bertz CT molecular complexity index is 848. The normalized spacial score (nSPS) is 31.0. The van der Waals surface area contributed by atoms with Crippen molar-refractivity contribution in [2.24, 2.45) is 34.3 Å². The van der Waals surface area contributed by atoms with Gasteiger partial charge in [0.25, 0.3) is 5.91 Å². The van der Waals surface area contributed by atoms with Gasteiger partial charge in [0.1, 0.15) is 6.04 Å². The van der Waals surface area contributed by atoms with E-state index >= 15 is 0 Å². The van der Waals surface area contributed by atoms with Gasteiger partial charge in [0, 0.05) is 13.1 Å². The number of fused-ring (bicyclic) bond motifs is 1. The molecule has 0 aromatic rings. The molecule has 6 atom stereocenters. The van der Waals surface area contributed by atoms with Gasteiger partial charge in [-0.15, -0.1) is 6.58 Å². The molecule has 0 aromatic heterocycles. The second-order valence-electron chi connectivity index (χ2n) is 12.4. The Morgan fingerprint density at radius 3 is 2.43 bits per heavy atom. The molecule has 3 amide bonds. The van der Waals surface area contributed by atoms with Gasteiger partial charge in [0.15, 0.2) is 6.10 Å². The van der Waals surface area contributed by atoms with Gasteiger partial charge < -0.3 is 26.4 Å². The van der Waals surface area contributed by atoms with Crippen LogP contribution in [0.5, 0.6) is 0 Å². The Morgan fingerprint density at radius 2 is 1.83 bits per heavy atom. The Morgan fingerprint density at radius 1 is 1.17 bits per heavy atom. The molecule has 3 aliphatic carbocycles. The smallest absolute Gasteiger partial charge is 0.251 e. The number of rotatable bonds is 10. The number of aliphatic hydroxyl groups is 1. The van der Waals surface area contributed by atoms with Crippen LogP contribution in [-0.2, 0) is 14.4 Å². The summed E-state index contributed by atoms with van der Waals surface area (Å²) >= 11 is 0. The molecule has 5 N–H and O–H groups in total. The number of aliphatic hydroxyl groups excluding tert-OH is 1. The van der Waals surface area contributed by atoms with Gasteiger partial charge in [-0.1, -0.05) is 59.0 Å². The molecule has 1 saturated heterocycles. The zero-order chi connectivity index (χ0) is 25.5. The molecule has 1 aliphatic heterocycles.